The molecule has 2 N–H and O–H groups in total. The number of rotatable bonds is 4. The lowest BCUT2D eigenvalue weighted by molar-refractivity contribution is -0.275. The zero-order chi connectivity index (χ0) is 24.7. The second kappa shape index (κ2) is 8.79. The third kappa shape index (κ3) is 4.60. The molecular formula is C22H16Cl3F3N4O2. The van der Waals surface area contributed by atoms with Gasteiger partial charge in [0.15, 0.2) is 0 Å². The highest BCUT2D eigenvalue weighted by Gasteiger charge is 2.62. The highest BCUT2D eigenvalue weighted by molar-refractivity contribution is 6.34. The van der Waals surface area contributed by atoms with Crippen molar-refractivity contribution in [2.45, 2.75) is 30.4 Å². The van der Waals surface area contributed by atoms with Crippen molar-refractivity contribution in [2.75, 3.05) is 0 Å². The number of oxime groups is 1. The first-order valence-corrected chi connectivity index (χ1v) is 10.9. The number of alkyl halides is 4. The standard InChI is InChI=1S/C22H16Cl3F3N4O2/c1-12-7-13(3-4-17(12)19(33)31-22(25)29-5-2-6-30-22)18-11-20(34-32-18,21(26,27)28)14-8-15(23)10-16(24)9-14/h2-10,29H,11H2,1H3,(H,31,33). The third-order valence-corrected chi connectivity index (χ3v) is 6.05. The van der Waals surface area contributed by atoms with Gasteiger partial charge >= 0.3 is 6.18 Å². The normalized spacial score (nSPS) is 23.8. The largest absolute Gasteiger partial charge is 0.435 e. The zero-order valence-electron chi connectivity index (χ0n) is 17.4. The molecule has 34 heavy (non-hydrogen) atoms. The Kier molecular flexibility index (Phi) is 6.30. The molecule has 2 aliphatic heterocycles. The molecule has 0 bridgehead atoms. The molecule has 0 aromatic heterocycles. The number of aryl methyl sites for hydroxylation is 1. The van der Waals surface area contributed by atoms with Crippen molar-refractivity contribution in [2.24, 2.45) is 10.1 Å². The Bertz CT molecular complexity index is 1230. The lowest BCUT2D eigenvalue weighted by Gasteiger charge is -2.29. The van der Waals surface area contributed by atoms with E-state index in [1.807, 2.05) is 0 Å². The summed E-state index contributed by atoms with van der Waals surface area (Å²) in [5.41, 5.74) is -1.83. The van der Waals surface area contributed by atoms with E-state index in [0.29, 0.717) is 11.1 Å². The molecule has 0 aliphatic carbocycles. The van der Waals surface area contributed by atoms with Gasteiger partial charge in [-0.3, -0.25) is 10.1 Å². The van der Waals surface area contributed by atoms with E-state index in [1.165, 1.54) is 30.6 Å². The van der Waals surface area contributed by atoms with Crippen LogP contribution in [0.1, 0.15) is 33.5 Å². The molecule has 4 rings (SSSR count). The topological polar surface area (TPSA) is 75.1 Å². The predicted octanol–water partition coefficient (Wildman–Crippen LogP) is 5.65. The molecule has 2 atom stereocenters. The van der Waals surface area contributed by atoms with Gasteiger partial charge in [0.2, 0.25) is 0 Å². The van der Waals surface area contributed by atoms with Crippen LogP contribution in [0.15, 0.2) is 58.8 Å². The van der Waals surface area contributed by atoms with Gasteiger partial charge in [0.05, 0.1) is 5.71 Å². The lowest BCUT2D eigenvalue weighted by Crippen LogP contribution is -2.52. The van der Waals surface area contributed by atoms with Crippen LogP contribution in [-0.4, -0.2) is 29.3 Å². The Morgan fingerprint density at radius 1 is 1.18 bits per heavy atom. The second-order valence-electron chi connectivity index (χ2n) is 7.68. The number of hydrogen-bond donors (Lipinski definition) is 2. The van der Waals surface area contributed by atoms with Gasteiger partial charge in [-0.15, -0.1) is 0 Å². The average Bonchev–Trinajstić information content (AvgIpc) is 3.20. The fourth-order valence-electron chi connectivity index (χ4n) is 3.61. The van der Waals surface area contributed by atoms with Gasteiger partial charge in [-0.2, -0.15) is 13.2 Å². The van der Waals surface area contributed by atoms with Crippen LogP contribution in [-0.2, 0) is 10.4 Å². The minimum Gasteiger partial charge on any atom is -0.374 e. The van der Waals surface area contributed by atoms with Crippen molar-refractivity contribution < 1.29 is 22.8 Å². The maximum Gasteiger partial charge on any atom is 0.435 e. The molecule has 0 spiro atoms. The van der Waals surface area contributed by atoms with Crippen molar-refractivity contribution in [3.05, 3.63) is 81.0 Å². The molecule has 0 radical (unpaired) electrons. The summed E-state index contributed by atoms with van der Waals surface area (Å²) in [4.78, 5) is 21.7. The first-order chi connectivity index (χ1) is 15.9. The van der Waals surface area contributed by atoms with Gasteiger partial charge in [0.25, 0.3) is 16.8 Å². The van der Waals surface area contributed by atoms with Crippen molar-refractivity contribution >= 4 is 52.6 Å². The quantitative estimate of drug-likeness (QED) is 0.395. The van der Waals surface area contributed by atoms with Gasteiger partial charge in [-0.05, 0) is 66.1 Å². The number of halogens is 6. The maximum atomic E-state index is 14.2. The van der Waals surface area contributed by atoms with Crippen LogP contribution < -0.4 is 10.6 Å². The molecule has 0 saturated carbocycles. The summed E-state index contributed by atoms with van der Waals surface area (Å²) in [6, 6.07) is 8.13. The molecule has 2 aromatic rings. The minimum absolute atomic E-state index is 0.0405. The number of carbonyl (C=O) groups excluding carboxylic acids is 1. The predicted molar refractivity (Wildman–Crippen MR) is 124 cm³/mol. The van der Waals surface area contributed by atoms with E-state index in [1.54, 1.807) is 19.1 Å². The van der Waals surface area contributed by atoms with Gasteiger partial charge in [-0.25, -0.2) is 4.99 Å². The summed E-state index contributed by atoms with van der Waals surface area (Å²) in [6.45, 7) is 1.64. The number of aliphatic imine (C=N–C) groups is 1. The van der Waals surface area contributed by atoms with E-state index in [2.05, 4.69) is 20.8 Å². The summed E-state index contributed by atoms with van der Waals surface area (Å²) in [5.74, 6) is -0.526. The smallest absolute Gasteiger partial charge is 0.374 e. The van der Waals surface area contributed by atoms with Crippen molar-refractivity contribution in [3.8, 4) is 0 Å². The van der Waals surface area contributed by atoms with Gasteiger partial charge < -0.3 is 10.2 Å². The third-order valence-electron chi connectivity index (χ3n) is 5.31. The van der Waals surface area contributed by atoms with Crippen LogP contribution >= 0.6 is 34.8 Å². The Labute approximate surface area is 207 Å². The molecule has 2 aromatic carbocycles. The number of nitrogens with one attached hydrogen (secondary N) is 2. The number of nitrogens with zero attached hydrogens (tertiary/aromatic N) is 2. The van der Waals surface area contributed by atoms with Crippen LogP contribution in [0.2, 0.25) is 10.0 Å². The Balaban J connectivity index is 1.59. The fraction of sp³-hybridized carbons (Fsp3) is 0.227. The van der Waals surface area contributed by atoms with Crippen molar-refractivity contribution in [3.63, 3.8) is 0 Å². The van der Waals surface area contributed by atoms with Crippen molar-refractivity contribution in [1.82, 2.24) is 10.6 Å². The minimum atomic E-state index is -4.81. The summed E-state index contributed by atoms with van der Waals surface area (Å²) >= 11 is 18.1. The van der Waals surface area contributed by atoms with E-state index in [-0.39, 0.29) is 26.9 Å². The molecule has 2 heterocycles. The molecule has 6 nitrogen and oxygen atoms in total. The van der Waals surface area contributed by atoms with Crippen LogP contribution in [0.25, 0.3) is 0 Å². The average molecular weight is 532 g/mol. The second-order valence-corrected chi connectivity index (χ2v) is 9.10. The molecule has 1 amide bonds. The monoisotopic (exact) mass is 530 g/mol. The Hall–Kier alpha value is -2.75. The Morgan fingerprint density at radius 3 is 2.47 bits per heavy atom. The number of amides is 1. The number of allylic oxidation sites excluding steroid dienone is 1. The summed E-state index contributed by atoms with van der Waals surface area (Å²) < 4.78 is 42.6. The fourth-order valence-corrected chi connectivity index (χ4v) is 4.35. The molecule has 0 saturated heterocycles. The van der Waals surface area contributed by atoms with E-state index in [4.69, 9.17) is 39.6 Å². The van der Waals surface area contributed by atoms with Crippen LogP contribution in [0, 0.1) is 6.92 Å². The summed E-state index contributed by atoms with van der Waals surface area (Å²) in [6.07, 6.45) is -0.854. The first-order valence-electron chi connectivity index (χ1n) is 9.81. The molecule has 178 valence electrons. The lowest BCUT2D eigenvalue weighted by atomic mass is 9.86. The van der Waals surface area contributed by atoms with E-state index in [9.17, 15) is 18.0 Å². The van der Waals surface area contributed by atoms with Gasteiger partial charge in [-0.1, -0.05) is 34.4 Å². The van der Waals surface area contributed by atoms with E-state index < -0.39 is 29.4 Å². The molecule has 12 heteroatoms. The van der Waals surface area contributed by atoms with Gasteiger partial charge in [0.1, 0.15) is 0 Å². The molecule has 2 aliphatic rings. The molecular weight excluding hydrogens is 516 g/mol. The zero-order valence-corrected chi connectivity index (χ0v) is 19.6. The van der Waals surface area contributed by atoms with Crippen LogP contribution in [0.4, 0.5) is 13.2 Å². The summed E-state index contributed by atoms with van der Waals surface area (Å²) in [7, 11) is 0. The van der Waals surface area contributed by atoms with E-state index >= 15 is 0 Å². The van der Waals surface area contributed by atoms with Crippen LogP contribution in [0.5, 0.6) is 0 Å². The SMILES string of the molecule is Cc1cc(C2=NOC(c3cc(Cl)cc(Cl)c3)(C(F)(F)F)C2)ccc1C(=O)NC1(Cl)N=CC=CN1. The van der Waals surface area contributed by atoms with E-state index in [0.717, 1.165) is 12.1 Å². The highest BCUT2D eigenvalue weighted by atomic mass is 35.5. The first kappa shape index (κ1) is 24.4. The number of hydrogen-bond acceptors (Lipinski definition) is 5. The molecule has 0 fully saturated rings. The van der Waals surface area contributed by atoms with Crippen molar-refractivity contribution in [1.29, 1.82) is 0 Å². The Morgan fingerprint density at radius 2 is 1.88 bits per heavy atom. The number of benzene rings is 2. The maximum absolute atomic E-state index is 14.2. The van der Waals surface area contributed by atoms with Crippen LogP contribution in [0.3, 0.4) is 0 Å². The highest BCUT2D eigenvalue weighted by Crippen LogP contribution is 2.49. The molecule has 2 unspecified atom stereocenters. The number of carbonyl (C=O) groups is 1. The van der Waals surface area contributed by atoms with Gasteiger partial charge in [0, 0.05) is 40.0 Å². The summed E-state index contributed by atoms with van der Waals surface area (Å²) in [5, 5.41) is 7.53.